The van der Waals surface area contributed by atoms with Crippen molar-refractivity contribution < 1.29 is 0 Å². The molecule has 76 valence electrons. The Kier molecular flexibility index (Phi) is 2.63. The highest BCUT2D eigenvalue weighted by molar-refractivity contribution is 5.27. The van der Waals surface area contributed by atoms with Crippen LogP contribution in [-0.2, 0) is 0 Å². The minimum absolute atomic E-state index is 0.385. The highest BCUT2D eigenvalue weighted by Gasteiger charge is 2.18. The second kappa shape index (κ2) is 3.92. The van der Waals surface area contributed by atoms with Gasteiger partial charge in [-0.1, -0.05) is 0 Å². The van der Waals surface area contributed by atoms with Crippen LogP contribution in [0.25, 0.3) is 0 Å². The molecule has 1 aliphatic rings. The van der Waals surface area contributed by atoms with Crippen LogP contribution in [0.2, 0.25) is 0 Å². The highest BCUT2D eigenvalue weighted by Crippen LogP contribution is 2.23. The summed E-state index contributed by atoms with van der Waals surface area (Å²) in [5.41, 5.74) is 7.85. The number of aromatic nitrogens is 2. The average molecular weight is 192 g/mol. The minimum atomic E-state index is 0.385. The Morgan fingerprint density at radius 1 is 1.57 bits per heavy atom. The average Bonchev–Trinajstić information content (AvgIpc) is 2.23. The van der Waals surface area contributed by atoms with Gasteiger partial charge in [0.2, 0.25) is 5.95 Å². The van der Waals surface area contributed by atoms with Crippen LogP contribution in [0.3, 0.4) is 0 Å². The zero-order chi connectivity index (χ0) is 9.97. The van der Waals surface area contributed by atoms with E-state index in [4.69, 9.17) is 5.73 Å². The molecular formula is C10H16N4. The first-order chi connectivity index (χ1) is 6.77. The first-order valence-corrected chi connectivity index (χ1v) is 5.07. The number of hydrogen-bond donors (Lipinski definition) is 2. The Bertz CT molecular complexity index is 318. The predicted octanol–water partition coefficient (Wildman–Crippen LogP) is 0.834. The van der Waals surface area contributed by atoms with E-state index in [1.54, 1.807) is 0 Å². The van der Waals surface area contributed by atoms with Crippen molar-refractivity contribution in [1.82, 2.24) is 15.3 Å². The van der Waals surface area contributed by atoms with E-state index in [9.17, 15) is 0 Å². The number of nitrogens with two attached hydrogens (primary N) is 1. The number of nitrogens with zero attached hydrogens (tertiary/aromatic N) is 2. The van der Waals surface area contributed by atoms with E-state index in [1.165, 1.54) is 12.8 Å². The molecule has 1 aromatic heterocycles. The van der Waals surface area contributed by atoms with Gasteiger partial charge >= 0.3 is 0 Å². The van der Waals surface area contributed by atoms with Gasteiger partial charge in [-0.05, 0) is 31.9 Å². The molecule has 1 saturated heterocycles. The molecule has 2 rings (SSSR count). The van der Waals surface area contributed by atoms with Gasteiger partial charge in [-0.3, -0.25) is 0 Å². The third kappa shape index (κ3) is 1.85. The first-order valence-electron chi connectivity index (χ1n) is 5.07. The Hall–Kier alpha value is -1.16. The Morgan fingerprint density at radius 3 is 3.14 bits per heavy atom. The second-order valence-corrected chi connectivity index (χ2v) is 3.84. The first kappa shape index (κ1) is 9.40. The monoisotopic (exact) mass is 192 g/mol. The molecule has 0 radical (unpaired) electrons. The van der Waals surface area contributed by atoms with Crippen LogP contribution in [-0.4, -0.2) is 23.1 Å². The molecule has 0 saturated carbocycles. The van der Waals surface area contributed by atoms with Crippen LogP contribution in [0.5, 0.6) is 0 Å². The van der Waals surface area contributed by atoms with Gasteiger partial charge in [-0.25, -0.2) is 9.97 Å². The summed E-state index contributed by atoms with van der Waals surface area (Å²) in [6.07, 6.45) is 4.23. The molecule has 0 amide bonds. The number of hydrogen-bond acceptors (Lipinski definition) is 4. The SMILES string of the molecule is Cc1cnc(N)nc1[C@H]1CCCNC1. The number of nitrogen functional groups attached to an aromatic ring is 1. The van der Waals surface area contributed by atoms with Crippen molar-refractivity contribution in [3.63, 3.8) is 0 Å². The summed E-state index contributed by atoms with van der Waals surface area (Å²) in [7, 11) is 0. The lowest BCUT2D eigenvalue weighted by atomic mass is 9.94. The van der Waals surface area contributed by atoms with Gasteiger partial charge in [0.25, 0.3) is 0 Å². The summed E-state index contributed by atoms with van der Waals surface area (Å²) in [6.45, 7) is 4.18. The number of aryl methyl sites for hydroxylation is 1. The molecule has 0 unspecified atom stereocenters. The maximum absolute atomic E-state index is 5.59. The quantitative estimate of drug-likeness (QED) is 0.692. The van der Waals surface area contributed by atoms with Crippen molar-refractivity contribution in [1.29, 1.82) is 0 Å². The summed E-state index contributed by atoms with van der Waals surface area (Å²) in [4.78, 5) is 8.30. The predicted molar refractivity (Wildman–Crippen MR) is 56.0 cm³/mol. The number of piperidine rings is 1. The van der Waals surface area contributed by atoms with E-state index in [0.29, 0.717) is 11.9 Å². The van der Waals surface area contributed by atoms with Gasteiger partial charge in [0.15, 0.2) is 0 Å². The normalized spacial score (nSPS) is 22.2. The summed E-state index contributed by atoms with van der Waals surface area (Å²) in [6, 6.07) is 0. The van der Waals surface area contributed by atoms with E-state index in [1.807, 2.05) is 13.1 Å². The van der Waals surface area contributed by atoms with Crippen LogP contribution >= 0.6 is 0 Å². The van der Waals surface area contributed by atoms with Gasteiger partial charge in [-0.2, -0.15) is 0 Å². The Labute approximate surface area is 83.9 Å². The second-order valence-electron chi connectivity index (χ2n) is 3.84. The molecular weight excluding hydrogens is 176 g/mol. The van der Waals surface area contributed by atoms with Crippen molar-refractivity contribution in [2.75, 3.05) is 18.8 Å². The maximum Gasteiger partial charge on any atom is 0.220 e. The zero-order valence-corrected chi connectivity index (χ0v) is 8.45. The fourth-order valence-corrected chi connectivity index (χ4v) is 1.97. The smallest absolute Gasteiger partial charge is 0.220 e. The Balaban J connectivity index is 2.24. The van der Waals surface area contributed by atoms with Gasteiger partial charge in [0, 0.05) is 18.7 Å². The maximum atomic E-state index is 5.59. The molecule has 1 fully saturated rings. The van der Waals surface area contributed by atoms with Gasteiger partial charge < -0.3 is 11.1 Å². The van der Waals surface area contributed by atoms with E-state index < -0.39 is 0 Å². The summed E-state index contributed by atoms with van der Waals surface area (Å²) >= 11 is 0. The molecule has 2 heterocycles. The molecule has 0 bridgehead atoms. The molecule has 0 spiro atoms. The lowest BCUT2D eigenvalue weighted by Gasteiger charge is -2.23. The summed E-state index contributed by atoms with van der Waals surface area (Å²) in [5.74, 6) is 0.894. The van der Waals surface area contributed by atoms with Crippen LogP contribution in [0.4, 0.5) is 5.95 Å². The van der Waals surface area contributed by atoms with E-state index >= 15 is 0 Å². The van der Waals surface area contributed by atoms with Crippen LogP contribution < -0.4 is 11.1 Å². The van der Waals surface area contributed by atoms with Crippen molar-refractivity contribution in [2.24, 2.45) is 0 Å². The highest BCUT2D eigenvalue weighted by atomic mass is 15.0. The Morgan fingerprint density at radius 2 is 2.43 bits per heavy atom. The van der Waals surface area contributed by atoms with Crippen molar-refractivity contribution in [3.05, 3.63) is 17.5 Å². The van der Waals surface area contributed by atoms with Crippen LogP contribution in [0, 0.1) is 6.92 Å². The molecule has 4 heteroatoms. The largest absolute Gasteiger partial charge is 0.368 e. The number of rotatable bonds is 1. The van der Waals surface area contributed by atoms with Gasteiger partial charge in [0.05, 0.1) is 5.69 Å². The van der Waals surface area contributed by atoms with Crippen molar-refractivity contribution in [3.8, 4) is 0 Å². The van der Waals surface area contributed by atoms with Crippen LogP contribution in [0.1, 0.15) is 30.0 Å². The molecule has 0 aromatic carbocycles. The topological polar surface area (TPSA) is 63.8 Å². The van der Waals surface area contributed by atoms with Crippen LogP contribution in [0.15, 0.2) is 6.20 Å². The number of nitrogens with one attached hydrogen (secondary N) is 1. The molecule has 1 aliphatic heterocycles. The molecule has 4 nitrogen and oxygen atoms in total. The van der Waals surface area contributed by atoms with Gasteiger partial charge in [0.1, 0.15) is 0 Å². The molecule has 1 aromatic rings. The fraction of sp³-hybridized carbons (Fsp3) is 0.600. The minimum Gasteiger partial charge on any atom is -0.368 e. The number of anilines is 1. The fourth-order valence-electron chi connectivity index (χ4n) is 1.97. The zero-order valence-electron chi connectivity index (χ0n) is 8.45. The molecule has 3 N–H and O–H groups in total. The summed E-state index contributed by atoms with van der Waals surface area (Å²) in [5, 5.41) is 3.38. The van der Waals surface area contributed by atoms with Gasteiger partial charge in [-0.15, -0.1) is 0 Å². The van der Waals surface area contributed by atoms with E-state index in [0.717, 1.165) is 24.3 Å². The lowest BCUT2D eigenvalue weighted by Crippen LogP contribution is -2.29. The summed E-state index contributed by atoms with van der Waals surface area (Å²) < 4.78 is 0. The van der Waals surface area contributed by atoms with E-state index in [-0.39, 0.29) is 0 Å². The standard InChI is InChI=1S/C10H16N4/c1-7-5-13-10(11)14-9(7)8-3-2-4-12-6-8/h5,8,12H,2-4,6H2,1H3,(H2,11,13,14)/t8-/m0/s1. The molecule has 0 aliphatic carbocycles. The third-order valence-corrected chi connectivity index (χ3v) is 2.71. The van der Waals surface area contributed by atoms with Crippen molar-refractivity contribution in [2.45, 2.75) is 25.7 Å². The molecule has 1 atom stereocenters. The van der Waals surface area contributed by atoms with E-state index in [2.05, 4.69) is 15.3 Å². The third-order valence-electron chi connectivity index (χ3n) is 2.71. The lowest BCUT2D eigenvalue weighted by molar-refractivity contribution is 0.453. The molecule has 14 heavy (non-hydrogen) atoms. The van der Waals surface area contributed by atoms with Crippen molar-refractivity contribution >= 4 is 5.95 Å².